The van der Waals surface area contributed by atoms with Gasteiger partial charge in [0, 0.05) is 23.1 Å². The van der Waals surface area contributed by atoms with Crippen LogP contribution >= 0.6 is 0 Å². The van der Waals surface area contributed by atoms with Crippen molar-refractivity contribution >= 4 is 28.8 Å². The van der Waals surface area contributed by atoms with Crippen molar-refractivity contribution < 1.29 is 28.6 Å². The Morgan fingerprint density at radius 3 is 2.41 bits per heavy atom. The molecule has 1 atom stereocenters. The van der Waals surface area contributed by atoms with Crippen LogP contribution in [0, 0.1) is 11.7 Å². The third-order valence-electron chi connectivity index (χ3n) is 8.67. The molecule has 208 valence electrons. The molecule has 0 spiro atoms. The van der Waals surface area contributed by atoms with E-state index in [4.69, 9.17) is 14.5 Å². The van der Waals surface area contributed by atoms with Crippen LogP contribution in [0.4, 0.5) is 14.9 Å². The second kappa shape index (κ2) is 10.2. The zero-order chi connectivity index (χ0) is 28.1. The first-order chi connectivity index (χ1) is 18.6. The maximum absolute atomic E-state index is 14.8. The van der Waals surface area contributed by atoms with Crippen LogP contribution in [0.25, 0.3) is 11.0 Å². The largest absolute Gasteiger partial charge is 0.494 e. The molecular weight excluding hydrogens is 501 g/mol. The van der Waals surface area contributed by atoms with Gasteiger partial charge >= 0.3 is 12.1 Å². The van der Waals surface area contributed by atoms with Gasteiger partial charge in [0.2, 0.25) is 0 Å². The van der Waals surface area contributed by atoms with Crippen LogP contribution in [-0.4, -0.2) is 47.0 Å². The topological polar surface area (TPSA) is 93.9 Å². The van der Waals surface area contributed by atoms with Gasteiger partial charge in [0.05, 0.1) is 36.9 Å². The SMILES string of the molecule is COC(=O)N1c2ccc3c(nc(C(C)(C)c4ccc(OC)c(F)c4)n3C3CCC(C(=O)O)CC3)c2CCC1C. The number of fused-ring (bicyclic) bond motifs is 3. The molecule has 1 amide bonds. The highest BCUT2D eigenvalue weighted by Gasteiger charge is 2.37. The molecule has 9 heteroatoms. The molecule has 39 heavy (non-hydrogen) atoms. The Balaban J connectivity index is 1.70. The predicted octanol–water partition coefficient (Wildman–Crippen LogP) is 6.23. The molecule has 1 saturated carbocycles. The molecule has 1 aliphatic carbocycles. The van der Waals surface area contributed by atoms with Crippen LogP contribution in [0.15, 0.2) is 30.3 Å². The number of aliphatic carboxylic acids is 1. The van der Waals surface area contributed by atoms with Crippen molar-refractivity contribution in [2.75, 3.05) is 19.1 Å². The maximum Gasteiger partial charge on any atom is 0.414 e. The van der Waals surface area contributed by atoms with Crippen LogP contribution in [-0.2, 0) is 21.4 Å². The number of imidazole rings is 1. The molecule has 1 unspecified atom stereocenters. The van der Waals surface area contributed by atoms with Gasteiger partial charge in [-0.3, -0.25) is 9.69 Å². The van der Waals surface area contributed by atoms with E-state index in [-0.39, 0.29) is 23.8 Å². The number of benzene rings is 2. The lowest BCUT2D eigenvalue weighted by atomic mass is 9.82. The number of methoxy groups -OCH3 is 2. The van der Waals surface area contributed by atoms with E-state index in [0.717, 1.165) is 46.5 Å². The summed E-state index contributed by atoms with van der Waals surface area (Å²) in [4.78, 5) is 31.3. The quantitative estimate of drug-likeness (QED) is 0.415. The molecule has 2 aliphatic rings. The van der Waals surface area contributed by atoms with Crippen molar-refractivity contribution in [1.82, 2.24) is 9.55 Å². The molecule has 3 aromatic rings. The summed E-state index contributed by atoms with van der Waals surface area (Å²) in [6, 6.07) is 9.02. The highest BCUT2D eigenvalue weighted by Crippen LogP contribution is 2.44. The molecule has 1 N–H and O–H groups in total. The molecule has 0 radical (unpaired) electrons. The first-order valence-electron chi connectivity index (χ1n) is 13.6. The molecule has 1 aromatic heterocycles. The van der Waals surface area contributed by atoms with Crippen molar-refractivity contribution in [2.45, 2.75) is 76.8 Å². The van der Waals surface area contributed by atoms with E-state index < -0.39 is 23.3 Å². The Kier molecular flexibility index (Phi) is 7.03. The summed E-state index contributed by atoms with van der Waals surface area (Å²) in [5.74, 6) is -0.554. The Morgan fingerprint density at radius 2 is 1.79 bits per heavy atom. The number of halogens is 1. The van der Waals surface area contributed by atoms with Gasteiger partial charge in [-0.1, -0.05) is 6.07 Å². The molecule has 0 bridgehead atoms. The predicted molar refractivity (Wildman–Crippen MR) is 146 cm³/mol. The molecule has 0 saturated heterocycles. The number of anilines is 1. The number of rotatable bonds is 5. The van der Waals surface area contributed by atoms with Crippen LogP contribution in [0.3, 0.4) is 0 Å². The van der Waals surface area contributed by atoms with E-state index in [0.29, 0.717) is 25.7 Å². The van der Waals surface area contributed by atoms with Crippen LogP contribution in [0.2, 0.25) is 0 Å². The molecule has 2 aromatic carbocycles. The number of aryl methyl sites for hydroxylation is 1. The standard InChI is InChI=1S/C30H36FN3O5/c1-17-6-12-21-23(33(17)29(37)39-5)13-14-24-26(21)32-28(34(24)20-10-7-18(8-11-20)27(35)36)30(2,3)19-9-15-25(38-4)22(31)16-19/h9,13-18,20H,6-8,10-12H2,1-5H3,(H,35,36). The average Bonchev–Trinajstić information content (AvgIpc) is 3.33. The highest BCUT2D eigenvalue weighted by molar-refractivity contribution is 5.95. The molecule has 1 aliphatic heterocycles. The summed E-state index contributed by atoms with van der Waals surface area (Å²) in [6.45, 7) is 6.07. The van der Waals surface area contributed by atoms with Gasteiger partial charge in [0.15, 0.2) is 11.6 Å². The minimum Gasteiger partial charge on any atom is -0.494 e. The van der Waals surface area contributed by atoms with E-state index in [1.807, 2.05) is 39.0 Å². The number of nitrogens with zero attached hydrogens (tertiary/aromatic N) is 3. The summed E-state index contributed by atoms with van der Waals surface area (Å²) >= 11 is 0. The number of hydrogen-bond donors (Lipinski definition) is 1. The Morgan fingerprint density at radius 1 is 1.08 bits per heavy atom. The fourth-order valence-electron chi connectivity index (χ4n) is 6.35. The first kappa shape index (κ1) is 27.0. The van der Waals surface area contributed by atoms with Gasteiger partial charge in [0.25, 0.3) is 0 Å². The van der Waals surface area contributed by atoms with Gasteiger partial charge in [-0.15, -0.1) is 0 Å². The third kappa shape index (κ3) is 4.51. The maximum atomic E-state index is 14.8. The van der Waals surface area contributed by atoms with Crippen LogP contribution in [0.1, 0.15) is 75.9 Å². The number of carboxylic acids is 1. The second-order valence-electron chi connectivity index (χ2n) is 11.3. The Hall–Kier alpha value is -3.62. The molecule has 2 heterocycles. The van der Waals surface area contributed by atoms with Crippen molar-refractivity contribution in [2.24, 2.45) is 5.92 Å². The Labute approximate surface area is 227 Å². The van der Waals surface area contributed by atoms with E-state index in [1.54, 1.807) is 11.0 Å². The van der Waals surface area contributed by atoms with E-state index >= 15 is 0 Å². The lowest BCUT2D eigenvalue weighted by Crippen LogP contribution is -2.42. The number of carboxylic acid groups (broad SMARTS) is 1. The number of carbonyl (C=O) groups excluding carboxylic acids is 1. The van der Waals surface area contributed by atoms with Crippen molar-refractivity contribution in [1.29, 1.82) is 0 Å². The van der Waals surface area contributed by atoms with Gasteiger partial charge < -0.3 is 19.1 Å². The van der Waals surface area contributed by atoms with E-state index in [2.05, 4.69) is 4.57 Å². The monoisotopic (exact) mass is 537 g/mol. The summed E-state index contributed by atoms with van der Waals surface area (Å²) in [5.41, 5.74) is 3.65. The first-order valence-corrected chi connectivity index (χ1v) is 13.6. The van der Waals surface area contributed by atoms with Crippen molar-refractivity contribution in [3.63, 3.8) is 0 Å². The summed E-state index contributed by atoms with van der Waals surface area (Å²) in [6.07, 6.45) is 3.75. The van der Waals surface area contributed by atoms with Crippen LogP contribution in [0.5, 0.6) is 5.75 Å². The number of carbonyl (C=O) groups is 2. The number of hydrogen-bond acceptors (Lipinski definition) is 5. The number of ether oxygens (including phenoxy) is 2. The zero-order valence-corrected chi connectivity index (χ0v) is 23.2. The normalized spacial score (nSPS) is 21.5. The fraction of sp³-hybridized carbons (Fsp3) is 0.500. The molecule has 5 rings (SSSR count). The lowest BCUT2D eigenvalue weighted by molar-refractivity contribution is -0.143. The fourth-order valence-corrected chi connectivity index (χ4v) is 6.35. The van der Waals surface area contributed by atoms with Gasteiger partial charge in [-0.25, -0.2) is 14.2 Å². The average molecular weight is 538 g/mol. The smallest absolute Gasteiger partial charge is 0.414 e. The van der Waals surface area contributed by atoms with Crippen LogP contribution < -0.4 is 9.64 Å². The van der Waals surface area contributed by atoms with Crippen molar-refractivity contribution in [3.05, 3.63) is 53.1 Å². The summed E-state index contributed by atoms with van der Waals surface area (Å²) in [7, 11) is 2.83. The third-order valence-corrected chi connectivity index (χ3v) is 8.67. The minimum atomic E-state index is -0.746. The van der Waals surface area contributed by atoms with Gasteiger partial charge in [0.1, 0.15) is 5.82 Å². The number of amides is 1. The molecule has 8 nitrogen and oxygen atoms in total. The van der Waals surface area contributed by atoms with Gasteiger partial charge in [-0.2, -0.15) is 0 Å². The summed E-state index contributed by atoms with van der Waals surface area (Å²) in [5, 5.41) is 9.56. The van der Waals surface area contributed by atoms with Gasteiger partial charge in [-0.05, 0) is 89.1 Å². The lowest BCUT2D eigenvalue weighted by Gasteiger charge is -2.34. The van der Waals surface area contributed by atoms with Crippen molar-refractivity contribution in [3.8, 4) is 5.75 Å². The van der Waals surface area contributed by atoms with E-state index in [1.165, 1.54) is 20.3 Å². The molecular formula is C30H36FN3O5. The minimum absolute atomic E-state index is 0.00559. The number of aromatic nitrogens is 2. The van der Waals surface area contributed by atoms with E-state index in [9.17, 15) is 19.1 Å². The summed E-state index contributed by atoms with van der Waals surface area (Å²) < 4.78 is 27.3. The molecule has 1 fully saturated rings. The Bertz CT molecular complexity index is 1420. The zero-order valence-electron chi connectivity index (χ0n) is 23.2. The highest BCUT2D eigenvalue weighted by atomic mass is 19.1. The second-order valence-corrected chi connectivity index (χ2v) is 11.3.